The highest BCUT2D eigenvalue weighted by Crippen LogP contribution is 2.25. The standard InChI is InChI=1S/C13H18ClNO4S/c1-4-19-13(16)9-15(10(2)3)20(17,18)12-8-6-5-7-11(12)14/h5-8,10H,4,9H2,1-3H3. The molecular formula is C13H18ClNO4S. The molecule has 0 heterocycles. The highest BCUT2D eigenvalue weighted by Gasteiger charge is 2.30. The molecule has 1 aromatic rings. The maximum atomic E-state index is 12.6. The quantitative estimate of drug-likeness (QED) is 0.755. The molecule has 7 heteroatoms. The Morgan fingerprint density at radius 3 is 2.45 bits per heavy atom. The van der Waals surface area contributed by atoms with E-state index in [0.29, 0.717) is 0 Å². The number of benzene rings is 1. The van der Waals surface area contributed by atoms with Gasteiger partial charge in [0.25, 0.3) is 0 Å². The molecule has 0 aliphatic rings. The molecule has 1 rings (SSSR count). The number of hydrogen-bond donors (Lipinski definition) is 0. The summed E-state index contributed by atoms with van der Waals surface area (Å²) in [7, 11) is -3.84. The number of nitrogens with zero attached hydrogens (tertiary/aromatic N) is 1. The van der Waals surface area contributed by atoms with Crippen LogP contribution in [0.1, 0.15) is 20.8 Å². The van der Waals surface area contributed by atoms with Crippen molar-refractivity contribution in [1.29, 1.82) is 0 Å². The minimum Gasteiger partial charge on any atom is -0.465 e. The van der Waals surface area contributed by atoms with Crippen molar-refractivity contribution in [3.63, 3.8) is 0 Å². The molecule has 0 aromatic heterocycles. The summed E-state index contributed by atoms with van der Waals surface area (Å²) in [5.74, 6) is -0.586. The Kier molecular flexibility index (Phi) is 5.98. The van der Waals surface area contributed by atoms with Gasteiger partial charge < -0.3 is 4.74 Å². The molecule has 0 bridgehead atoms. The number of carbonyl (C=O) groups excluding carboxylic acids is 1. The van der Waals surface area contributed by atoms with Crippen LogP contribution in [0.25, 0.3) is 0 Å². The van der Waals surface area contributed by atoms with Crippen LogP contribution < -0.4 is 0 Å². The first kappa shape index (κ1) is 16.9. The maximum absolute atomic E-state index is 12.6. The molecule has 0 fully saturated rings. The largest absolute Gasteiger partial charge is 0.465 e. The molecule has 0 saturated heterocycles. The molecule has 0 amide bonds. The van der Waals surface area contributed by atoms with Gasteiger partial charge in [-0.1, -0.05) is 23.7 Å². The average Bonchev–Trinajstić information content (AvgIpc) is 2.36. The molecule has 0 spiro atoms. The number of ether oxygens (including phenoxy) is 1. The fraction of sp³-hybridized carbons (Fsp3) is 0.462. The summed E-state index contributed by atoms with van der Waals surface area (Å²) >= 11 is 5.93. The van der Waals surface area contributed by atoms with E-state index in [4.69, 9.17) is 16.3 Å². The van der Waals surface area contributed by atoms with Gasteiger partial charge in [-0.2, -0.15) is 4.31 Å². The van der Waals surface area contributed by atoms with Gasteiger partial charge in [-0.3, -0.25) is 4.79 Å². The van der Waals surface area contributed by atoms with Gasteiger partial charge in [0.05, 0.1) is 11.6 Å². The molecule has 5 nitrogen and oxygen atoms in total. The van der Waals surface area contributed by atoms with Crippen LogP contribution in [0.4, 0.5) is 0 Å². The molecule has 20 heavy (non-hydrogen) atoms. The molecule has 1 aromatic carbocycles. The van der Waals surface area contributed by atoms with Crippen LogP contribution in [0.2, 0.25) is 5.02 Å². The van der Waals surface area contributed by atoms with Gasteiger partial charge in [-0.25, -0.2) is 8.42 Å². The number of carbonyl (C=O) groups is 1. The van der Waals surface area contributed by atoms with E-state index in [2.05, 4.69) is 0 Å². The number of hydrogen-bond acceptors (Lipinski definition) is 4. The van der Waals surface area contributed by atoms with Crippen molar-refractivity contribution < 1.29 is 17.9 Å². The first-order valence-corrected chi connectivity index (χ1v) is 8.04. The Balaban J connectivity index is 3.14. The van der Waals surface area contributed by atoms with Crippen LogP contribution in [0.5, 0.6) is 0 Å². The first-order valence-electron chi connectivity index (χ1n) is 6.22. The average molecular weight is 320 g/mol. The second-order valence-corrected chi connectivity index (χ2v) is 6.65. The summed E-state index contributed by atoms with van der Waals surface area (Å²) in [6.07, 6.45) is 0. The lowest BCUT2D eigenvalue weighted by molar-refractivity contribution is -0.143. The first-order chi connectivity index (χ1) is 9.30. The van der Waals surface area contributed by atoms with E-state index < -0.39 is 16.0 Å². The molecule has 0 unspecified atom stereocenters. The molecular weight excluding hydrogens is 302 g/mol. The zero-order valence-electron chi connectivity index (χ0n) is 11.7. The van der Waals surface area contributed by atoms with Gasteiger partial charge in [0, 0.05) is 6.04 Å². The van der Waals surface area contributed by atoms with Crippen molar-refractivity contribution in [3.05, 3.63) is 29.3 Å². The minimum absolute atomic E-state index is 0.0142. The van der Waals surface area contributed by atoms with Crippen molar-refractivity contribution in [3.8, 4) is 0 Å². The lowest BCUT2D eigenvalue weighted by Gasteiger charge is -2.25. The second-order valence-electron chi connectivity index (χ2n) is 4.38. The lowest BCUT2D eigenvalue weighted by atomic mass is 10.4. The predicted octanol–water partition coefficient (Wildman–Crippen LogP) is 2.30. The Hall–Kier alpha value is -1.11. The molecule has 0 atom stereocenters. The highest BCUT2D eigenvalue weighted by molar-refractivity contribution is 7.89. The number of halogens is 1. The highest BCUT2D eigenvalue weighted by atomic mass is 35.5. The van der Waals surface area contributed by atoms with E-state index in [1.165, 1.54) is 12.1 Å². The Morgan fingerprint density at radius 1 is 1.35 bits per heavy atom. The third-order valence-electron chi connectivity index (χ3n) is 2.59. The van der Waals surface area contributed by atoms with Crippen LogP contribution in [-0.2, 0) is 19.6 Å². The minimum atomic E-state index is -3.84. The predicted molar refractivity (Wildman–Crippen MR) is 77.1 cm³/mol. The monoisotopic (exact) mass is 319 g/mol. The van der Waals surface area contributed by atoms with Gasteiger partial charge in [0.15, 0.2) is 0 Å². The van der Waals surface area contributed by atoms with E-state index in [1.54, 1.807) is 32.9 Å². The third kappa shape index (κ3) is 3.94. The van der Waals surface area contributed by atoms with Crippen molar-refractivity contribution in [2.75, 3.05) is 13.2 Å². The van der Waals surface area contributed by atoms with Crippen molar-refractivity contribution >= 4 is 27.6 Å². The number of esters is 1. The Morgan fingerprint density at radius 2 is 1.95 bits per heavy atom. The zero-order chi connectivity index (χ0) is 15.3. The van der Waals surface area contributed by atoms with Gasteiger partial charge in [-0.05, 0) is 32.9 Å². The van der Waals surface area contributed by atoms with Gasteiger partial charge >= 0.3 is 5.97 Å². The second kappa shape index (κ2) is 7.06. The van der Waals surface area contributed by atoms with Crippen LogP contribution >= 0.6 is 11.6 Å². The van der Waals surface area contributed by atoms with E-state index in [1.807, 2.05) is 0 Å². The molecule has 0 aliphatic carbocycles. The van der Waals surface area contributed by atoms with E-state index in [-0.39, 0.29) is 29.1 Å². The van der Waals surface area contributed by atoms with Crippen molar-refractivity contribution in [2.24, 2.45) is 0 Å². The summed E-state index contributed by atoms with van der Waals surface area (Å²) in [4.78, 5) is 11.5. The molecule has 0 aliphatic heterocycles. The Labute approximate surface area is 124 Å². The van der Waals surface area contributed by atoms with Crippen molar-refractivity contribution in [2.45, 2.75) is 31.7 Å². The molecule has 0 N–H and O–H groups in total. The molecule has 0 radical (unpaired) electrons. The fourth-order valence-corrected chi connectivity index (χ4v) is 3.74. The van der Waals surface area contributed by atoms with Gasteiger partial charge in [0.1, 0.15) is 11.4 Å². The molecule has 112 valence electrons. The van der Waals surface area contributed by atoms with E-state index in [0.717, 1.165) is 4.31 Å². The maximum Gasteiger partial charge on any atom is 0.321 e. The molecule has 0 saturated carbocycles. The summed E-state index contributed by atoms with van der Waals surface area (Å²) in [6.45, 7) is 4.91. The van der Waals surface area contributed by atoms with E-state index >= 15 is 0 Å². The summed E-state index contributed by atoms with van der Waals surface area (Å²) in [5, 5.41) is 0.127. The van der Waals surface area contributed by atoms with Crippen LogP contribution in [-0.4, -0.2) is 37.9 Å². The topological polar surface area (TPSA) is 63.7 Å². The van der Waals surface area contributed by atoms with E-state index in [9.17, 15) is 13.2 Å². The number of rotatable bonds is 6. The zero-order valence-corrected chi connectivity index (χ0v) is 13.2. The van der Waals surface area contributed by atoms with Crippen LogP contribution in [0.3, 0.4) is 0 Å². The van der Waals surface area contributed by atoms with Crippen molar-refractivity contribution in [1.82, 2.24) is 4.31 Å². The summed E-state index contributed by atoms with van der Waals surface area (Å²) in [6, 6.07) is 5.75. The summed E-state index contributed by atoms with van der Waals surface area (Å²) < 4.78 is 31.0. The lowest BCUT2D eigenvalue weighted by Crippen LogP contribution is -2.41. The normalized spacial score (nSPS) is 11.9. The fourth-order valence-electron chi connectivity index (χ4n) is 1.66. The SMILES string of the molecule is CCOC(=O)CN(C(C)C)S(=O)(=O)c1ccccc1Cl. The van der Waals surface area contributed by atoms with Gasteiger partial charge in [0.2, 0.25) is 10.0 Å². The Bertz CT molecular complexity index is 571. The number of sulfonamides is 1. The smallest absolute Gasteiger partial charge is 0.321 e. The third-order valence-corrected chi connectivity index (χ3v) is 5.11. The van der Waals surface area contributed by atoms with Crippen LogP contribution in [0, 0.1) is 0 Å². The van der Waals surface area contributed by atoms with Gasteiger partial charge in [-0.15, -0.1) is 0 Å². The summed E-state index contributed by atoms with van der Waals surface area (Å²) in [5.41, 5.74) is 0. The van der Waals surface area contributed by atoms with Crippen LogP contribution in [0.15, 0.2) is 29.2 Å².